The number of rotatable bonds is 4. The average Bonchev–Trinajstić information content (AvgIpc) is 2.93. The largest absolute Gasteiger partial charge is 0.338 e. The highest BCUT2D eigenvalue weighted by atomic mass is 16.2. The fourth-order valence-corrected chi connectivity index (χ4v) is 1.74. The summed E-state index contributed by atoms with van der Waals surface area (Å²) in [6.07, 6.45) is 3.92. The Morgan fingerprint density at radius 3 is 2.47 bits per heavy atom. The second-order valence-electron chi connectivity index (χ2n) is 4.18. The van der Waals surface area contributed by atoms with Crippen LogP contribution in [0.3, 0.4) is 0 Å². The zero-order valence-corrected chi connectivity index (χ0v) is 8.71. The molecular weight excluding hydrogens is 194 g/mol. The molecule has 0 radical (unpaired) electrons. The van der Waals surface area contributed by atoms with Crippen LogP contribution in [0.5, 0.6) is 0 Å². The highest BCUT2D eigenvalue weighted by Crippen LogP contribution is 2.28. The van der Waals surface area contributed by atoms with Gasteiger partial charge in [0.2, 0.25) is 11.8 Å². The second kappa shape index (κ2) is 4.61. The first-order valence-electron chi connectivity index (χ1n) is 5.56. The van der Waals surface area contributed by atoms with Gasteiger partial charge in [-0.05, 0) is 32.2 Å². The summed E-state index contributed by atoms with van der Waals surface area (Å²) in [7, 11) is 0. The van der Waals surface area contributed by atoms with Crippen molar-refractivity contribution in [1.29, 1.82) is 0 Å². The molecule has 0 spiro atoms. The van der Waals surface area contributed by atoms with Crippen LogP contribution in [0.15, 0.2) is 0 Å². The van der Waals surface area contributed by atoms with Gasteiger partial charge in [0, 0.05) is 5.92 Å². The lowest BCUT2D eigenvalue weighted by Gasteiger charge is -2.11. The van der Waals surface area contributed by atoms with Crippen LogP contribution in [-0.4, -0.2) is 31.1 Å². The average molecular weight is 211 g/mol. The van der Waals surface area contributed by atoms with Crippen molar-refractivity contribution in [2.75, 3.05) is 13.2 Å². The maximum atomic E-state index is 11.5. The van der Waals surface area contributed by atoms with E-state index in [-0.39, 0.29) is 30.4 Å². The van der Waals surface area contributed by atoms with Crippen molar-refractivity contribution in [1.82, 2.24) is 16.0 Å². The first-order chi connectivity index (χ1) is 7.27. The number of hydrogen-bond acceptors (Lipinski definition) is 3. The Morgan fingerprint density at radius 2 is 1.87 bits per heavy atom. The Morgan fingerprint density at radius 1 is 1.13 bits per heavy atom. The van der Waals surface area contributed by atoms with Gasteiger partial charge in [-0.2, -0.15) is 0 Å². The standard InChI is InChI=1S/C10H17N3O2/c14-9(7-3-4-7)12-6-13-10(15)8-2-1-5-11-8/h7-8,11H,1-6H2,(H,12,14)(H,13,15)/t8-/m0/s1. The van der Waals surface area contributed by atoms with Crippen LogP contribution >= 0.6 is 0 Å². The fourth-order valence-electron chi connectivity index (χ4n) is 1.74. The molecule has 5 heteroatoms. The lowest BCUT2D eigenvalue weighted by Crippen LogP contribution is -2.45. The Kier molecular flexibility index (Phi) is 3.20. The fraction of sp³-hybridized carbons (Fsp3) is 0.800. The lowest BCUT2D eigenvalue weighted by atomic mass is 10.2. The minimum absolute atomic E-state index is 0.0106. The van der Waals surface area contributed by atoms with Crippen molar-refractivity contribution in [2.45, 2.75) is 31.7 Å². The van der Waals surface area contributed by atoms with E-state index in [2.05, 4.69) is 16.0 Å². The normalized spacial score (nSPS) is 24.9. The van der Waals surface area contributed by atoms with Crippen molar-refractivity contribution in [2.24, 2.45) is 5.92 Å². The van der Waals surface area contributed by atoms with Crippen molar-refractivity contribution in [3.63, 3.8) is 0 Å². The van der Waals surface area contributed by atoms with Crippen LogP contribution in [0.4, 0.5) is 0 Å². The molecule has 3 N–H and O–H groups in total. The van der Waals surface area contributed by atoms with E-state index in [0.717, 1.165) is 32.2 Å². The first-order valence-corrected chi connectivity index (χ1v) is 5.56. The van der Waals surface area contributed by atoms with Gasteiger partial charge in [0.1, 0.15) is 0 Å². The minimum atomic E-state index is -0.0668. The highest BCUT2D eigenvalue weighted by molar-refractivity contribution is 5.83. The van der Waals surface area contributed by atoms with Crippen molar-refractivity contribution >= 4 is 11.8 Å². The van der Waals surface area contributed by atoms with Crippen LogP contribution in [0.25, 0.3) is 0 Å². The molecule has 5 nitrogen and oxygen atoms in total. The monoisotopic (exact) mass is 211 g/mol. The molecule has 15 heavy (non-hydrogen) atoms. The number of amides is 2. The molecule has 1 saturated heterocycles. The summed E-state index contributed by atoms with van der Waals surface area (Å²) in [6, 6.07) is -0.0668. The summed E-state index contributed by atoms with van der Waals surface area (Å²) >= 11 is 0. The van der Waals surface area contributed by atoms with E-state index in [0.29, 0.717) is 0 Å². The van der Waals surface area contributed by atoms with Crippen LogP contribution < -0.4 is 16.0 Å². The Labute approximate surface area is 89.0 Å². The molecular formula is C10H17N3O2. The molecule has 1 heterocycles. The van der Waals surface area contributed by atoms with Crippen LogP contribution in [-0.2, 0) is 9.59 Å². The molecule has 2 fully saturated rings. The van der Waals surface area contributed by atoms with Crippen molar-refractivity contribution in [3.8, 4) is 0 Å². The van der Waals surface area contributed by atoms with Crippen LogP contribution in [0.1, 0.15) is 25.7 Å². The summed E-state index contributed by atoms with van der Waals surface area (Å²) in [6.45, 7) is 1.17. The molecule has 84 valence electrons. The van der Waals surface area contributed by atoms with Gasteiger partial charge in [-0.15, -0.1) is 0 Å². The van der Waals surface area contributed by atoms with Crippen molar-refractivity contribution in [3.05, 3.63) is 0 Å². The van der Waals surface area contributed by atoms with E-state index < -0.39 is 0 Å². The second-order valence-corrected chi connectivity index (χ2v) is 4.18. The number of carbonyl (C=O) groups is 2. The number of hydrogen-bond donors (Lipinski definition) is 3. The van der Waals surface area contributed by atoms with Gasteiger partial charge in [-0.1, -0.05) is 0 Å². The molecule has 1 saturated carbocycles. The molecule has 0 aromatic rings. The SMILES string of the molecule is O=C(NCNC(=O)[C@@H]1CCCN1)C1CC1. The number of nitrogens with one attached hydrogen (secondary N) is 3. The van der Waals surface area contributed by atoms with Gasteiger partial charge < -0.3 is 16.0 Å². The molecule has 0 unspecified atom stereocenters. The van der Waals surface area contributed by atoms with Crippen molar-refractivity contribution < 1.29 is 9.59 Å². The van der Waals surface area contributed by atoms with E-state index in [9.17, 15) is 9.59 Å². The first kappa shape index (κ1) is 10.4. The minimum Gasteiger partial charge on any atom is -0.338 e. The summed E-state index contributed by atoms with van der Waals surface area (Å²) in [5, 5.41) is 8.51. The molecule has 1 aliphatic carbocycles. The quantitative estimate of drug-likeness (QED) is 0.541. The molecule has 2 aliphatic rings. The van der Waals surface area contributed by atoms with E-state index in [1.807, 2.05) is 0 Å². The zero-order valence-electron chi connectivity index (χ0n) is 8.71. The highest BCUT2D eigenvalue weighted by Gasteiger charge is 2.29. The molecule has 0 aromatic carbocycles. The van der Waals surface area contributed by atoms with Gasteiger partial charge >= 0.3 is 0 Å². The molecule has 0 bridgehead atoms. The topological polar surface area (TPSA) is 70.2 Å². The predicted molar refractivity (Wildman–Crippen MR) is 54.9 cm³/mol. The maximum Gasteiger partial charge on any atom is 0.238 e. The van der Waals surface area contributed by atoms with E-state index in [1.165, 1.54) is 0 Å². The zero-order chi connectivity index (χ0) is 10.7. The number of carbonyl (C=O) groups excluding carboxylic acids is 2. The van der Waals surface area contributed by atoms with Crippen LogP contribution in [0, 0.1) is 5.92 Å². The van der Waals surface area contributed by atoms with E-state index in [4.69, 9.17) is 0 Å². The summed E-state index contributed by atoms with van der Waals surface area (Å²) in [5.74, 6) is 0.254. The third-order valence-electron chi connectivity index (χ3n) is 2.85. The lowest BCUT2D eigenvalue weighted by molar-refractivity contribution is -0.124. The van der Waals surface area contributed by atoms with Gasteiger partial charge in [0.25, 0.3) is 0 Å². The summed E-state index contributed by atoms with van der Waals surface area (Å²) in [4.78, 5) is 22.7. The Hall–Kier alpha value is -1.10. The van der Waals surface area contributed by atoms with Gasteiger partial charge in [0.05, 0.1) is 12.7 Å². The molecule has 2 rings (SSSR count). The molecule has 0 aromatic heterocycles. The smallest absolute Gasteiger partial charge is 0.238 e. The van der Waals surface area contributed by atoms with Gasteiger partial charge in [-0.3, -0.25) is 9.59 Å². The van der Waals surface area contributed by atoms with Crippen LogP contribution in [0.2, 0.25) is 0 Å². The Bertz CT molecular complexity index is 257. The van der Waals surface area contributed by atoms with Gasteiger partial charge in [-0.25, -0.2) is 0 Å². The van der Waals surface area contributed by atoms with E-state index in [1.54, 1.807) is 0 Å². The Balaban J connectivity index is 1.60. The summed E-state index contributed by atoms with van der Waals surface area (Å²) in [5.41, 5.74) is 0. The summed E-state index contributed by atoms with van der Waals surface area (Å²) < 4.78 is 0. The predicted octanol–water partition coefficient (Wildman–Crippen LogP) is -0.662. The molecule has 1 atom stereocenters. The molecule has 2 amide bonds. The third-order valence-corrected chi connectivity index (χ3v) is 2.85. The molecule has 1 aliphatic heterocycles. The van der Waals surface area contributed by atoms with Gasteiger partial charge in [0.15, 0.2) is 0 Å². The maximum absolute atomic E-state index is 11.5. The van der Waals surface area contributed by atoms with E-state index >= 15 is 0 Å². The third kappa shape index (κ3) is 2.92.